The van der Waals surface area contributed by atoms with Gasteiger partial charge >= 0.3 is 5.97 Å². The molecule has 30 heavy (non-hydrogen) atoms. The van der Waals surface area contributed by atoms with Crippen LogP contribution in [-0.4, -0.2) is 39.3 Å². The van der Waals surface area contributed by atoms with Crippen molar-refractivity contribution in [3.8, 4) is 0 Å². The van der Waals surface area contributed by atoms with Crippen molar-refractivity contribution < 1.29 is 34.3 Å². The number of hydrogen-bond acceptors (Lipinski definition) is 8. The van der Waals surface area contributed by atoms with Crippen molar-refractivity contribution in [3.63, 3.8) is 0 Å². The summed E-state index contributed by atoms with van der Waals surface area (Å²) in [6, 6.07) is 10.9. The van der Waals surface area contributed by atoms with E-state index in [1.807, 2.05) is 0 Å². The predicted octanol–water partition coefficient (Wildman–Crippen LogP) is 2.78. The zero-order valence-corrected chi connectivity index (χ0v) is 15.2. The van der Waals surface area contributed by atoms with Crippen molar-refractivity contribution in [2.45, 2.75) is 5.92 Å². The minimum atomic E-state index is -1.44. The van der Waals surface area contributed by atoms with E-state index in [9.17, 15) is 34.7 Å². The van der Waals surface area contributed by atoms with Gasteiger partial charge in [0.2, 0.25) is 11.6 Å². The smallest absolute Gasteiger partial charge is 0.338 e. The predicted molar refractivity (Wildman–Crippen MR) is 102 cm³/mol. The van der Waals surface area contributed by atoms with E-state index in [0.29, 0.717) is 0 Å². The van der Waals surface area contributed by atoms with Crippen molar-refractivity contribution in [3.05, 3.63) is 92.2 Å². The molecule has 0 saturated carbocycles. The Morgan fingerprint density at radius 1 is 0.933 bits per heavy atom. The molecule has 1 atom stereocenters. The molecule has 1 aliphatic heterocycles. The first kappa shape index (κ1) is 19.1. The first-order chi connectivity index (χ1) is 14.3. The molecule has 0 bridgehead atoms. The van der Waals surface area contributed by atoms with E-state index >= 15 is 0 Å². The Bertz CT molecular complexity index is 1210. The number of aliphatic hydroxyl groups excluding tert-OH is 2. The standard InChI is InChI=1S/C21H13NO8/c23-14-9-30-21(27)16(14)15(10-4-3-5-11(8-10)22(28)29)17-18(24)12-6-1-2-7-13(12)19(25)20(17)26/h1-8,15,23-24H,9H2. The quantitative estimate of drug-likeness (QED) is 0.341. The highest BCUT2D eigenvalue weighted by Crippen LogP contribution is 2.43. The number of ether oxygens (including phenoxy) is 1. The van der Waals surface area contributed by atoms with Gasteiger partial charge in [0.1, 0.15) is 18.1 Å². The Morgan fingerprint density at radius 2 is 1.63 bits per heavy atom. The highest BCUT2D eigenvalue weighted by Gasteiger charge is 2.43. The minimum Gasteiger partial charge on any atom is -0.508 e. The lowest BCUT2D eigenvalue weighted by molar-refractivity contribution is -0.384. The van der Waals surface area contributed by atoms with Gasteiger partial charge in [0.25, 0.3) is 5.69 Å². The fourth-order valence-corrected chi connectivity index (χ4v) is 3.64. The normalized spacial score (nSPS) is 17.1. The third-order valence-corrected chi connectivity index (χ3v) is 5.00. The lowest BCUT2D eigenvalue weighted by atomic mass is 9.76. The Balaban J connectivity index is 2.02. The van der Waals surface area contributed by atoms with Gasteiger partial charge in [0.05, 0.1) is 22.0 Å². The number of carbonyl (C=O) groups is 3. The van der Waals surface area contributed by atoms with Crippen molar-refractivity contribution >= 4 is 29.0 Å². The van der Waals surface area contributed by atoms with Gasteiger partial charge in [-0.15, -0.1) is 0 Å². The summed E-state index contributed by atoms with van der Waals surface area (Å²) in [4.78, 5) is 48.5. The molecular formula is C21H13NO8. The maximum atomic E-state index is 12.9. The zero-order chi connectivity index (χ0) is 21.6. The number of ketones is 2. The zero-order valence-electron chi connectivity index (χ0n) is 15.2. The van der Waals surface area contributed by atoms with Crippen molar-refractivity contribution in [2.75, 3.05) is 6.61 Å². The number of esters is 1. The number of carbonyl (C=O) groups excluding carboxylic acids is 3. The molecule has 0 radical (unpaired) electrons. The topological polar surface area (TPSA) is 144 Å². The van der Waals surface area contributed by atoms with Gasteiger partial charge in [0, 0.05) is 23.3 Å². The van der Waals surface area contributed by atoms with Crippen LogP contribution in [0.2, 0.25) is 0 Å². The Morgan fingerprint density at radius 3 is 2.27 bits per heavy atom. The van der Waals surface area contributed by atoms with Gasteiger partial charge in [0.15, 0.2) is 0 Å². The minimum absolute atomic E-state index is 0.00579. The summed E-state index contributed by atoms with van der Waals surface area (Å²) in [6.07, 6.45) is 0. The second kappa shape index (κ2) is 6.96. The second-order valence-electron chi connectivity index (χ2n) is 6.69. The van der Waals surface area contributed by atoms with Crippen LogP contribution in [0, 0.1) is 10.1 Å². The maximum Gasteiger partial charge on any atom is 0.338 e. The third kappa shape index (κ3) is 2.84. The van der Waals surface area contributed by atoms with Crippen LogP contribution in [0.25, 0.3) is 5.76 Å². The van der Waals surface area contributed by atoms with E-state index in [2.05, 4.69) is 0 Å². The third-order valence-electron chi connectivity index (χ3n) is 5.00. The number of Topliss-reactive ketones (excluding diaryl/α,β-unsaturated/α-hetero) is 2. The van der Waals surface area contributed by atoms with E-state index in [4.69, 9.17) is 4.74 Å². The molecule has 0 saturated heterocycles. The van der Waals surface area contributed by atoms with E-state index in [-0.39, 0.29) is 28.0 Å². The number of hydrogen-bond donors (Lipinski definition) is 2. The molecule has 0 amide bonds. The molecule has 2 aliphatic rings. The maximum absolute atomic E-state index is 12.9. The molecule has 2 N–H and O–H groups in total. The summed E-state index contributed by atoms with van der Waals surface area (Å²) in [5.74, 6) is -5.42. The SMILES string of the molecule is O=C1OCC(O)=C1C(C1=C(O)c2ccccc2C(=O)C1=O)c1cccc([N+](=O)[O-])c1. The molecule has 9 heteroatoms. The van der Waals surface area contributed by atoms with E-state index in [1.165, 1.54) is 36.4 Å². The van der Waals surface area contributed by atoms with Gasteiger partial charge in [-0.05, 0) is 5.56 Å². The van der Waals surface area contributed by atoms with Crippen molar-refractivity contribution in [1.29, 1.82) is 0 Å². The van der Waals surface area contributed by atoms with Gasteiger partial charge in [-0.25, -0.2) is 4.79 Å². The van der Waals surface area contributed by atoms with E-state index < -0.39 is 52.1 Å². The molecular weight excluding hydrogens is 394 g/mol. The van der Waals surface area contributed by atoms with Crippen LogP contribution in [0.4, 0.5) is 5.69 Å². The largest absolute Gasteiger partial charge is 0.508 e. The number of cyclic esters (lactones) is 1. The number of non-ortho nitro benzene ring substituents is 1. The average Bonchev–Trinajstić information content (AvgIpc) is 3.07. The first-order valence-electron chi connectivity index (χ1n) is 8.76. The molecule has 4 rings (SSSR count). The monoisotopic (exact) mass is 407 g/mol. The molecule has 150 valence electrons. The van der Waals surface area contributed by atoms with Crippen LogP contribution < -0.4 is 0 Å². The Labute approximate surface area is 168 Å². The molecule has 0 aromatic heterocycles. The highest BCUT2D eigenvalue weighted by atomic mass is 16.6. The van der Waals surface area contributed by atoms with Crippen LogP contribution >= 0.6 is 0 Å². The number of nitrogens with zero attached hydrogens (tertiary/aromatic N) is 1. The number of nitro benzene ring substituents is 1. The molecule has 1 aliphatic carbocycles. The number of aliphatic hydroxyl groups is 2. The van der Waals surface area contributed by atoms with Crippen molar-refractivity contribution in [2.24, 2.45) is 0 Å². The number of benzene rings is 2. The van der Waals surface area contributed by atoms with Gasteiger partial charge in [-0.1, -0.05) is 36.4 Å². The molecule has 1 heterocycles. The van der Waals surface area contributed by atoms with Crippen LogP contribution in [0.1, 0.15) is 27.4 Å². The van der Waals surface area contributed by atoms with Crippen LogP contribution in [0.3, 0.4) is 0 Å². The van der Waals surface area contributed by atoms with E-state index in [0.717, 1.165) is 6.07 Å². The average molecular weight is 407 g/mol. The molecule has 2 aromatic carbocycles. The number of nitro groups is 1. The summed E-state index contributed by atoms with van der Waals surface area (Å²) >= 11 is 0. The number of rotatable bonds is 4. The summed E-state index contributed by atoms with van der Waals surface area (Å²) in [5, 5.41) is 32.3. The molecule has 0 spiro atoms. The van der Waals surface area contributed by atoms with Gasteiger partial charge in [-0.2, -0.15) is 0 Å². The Hall–Kier alpha value is -4.27. The van der Waals surface area contributed by atoms with Crippen LogP contribution in [0.15, 0.2) is 65.4 Å². The molecule has 9 nitrogen and oxygen atoms in total. The summed E-state index contributed by atoms with van der Waals surface area (Å²) in [7, 11) is 0. The van der Waals surface area contributed by atoms with Crippen molar-refractivity contribution in [1.82, 2.24) is 0 Å². The summed E-state index contributed by atoms with van der Waals surface area (Å²) in [5.41, 5.74) is -1.02. The van der Waals surface area contributed by atoms with Crippen LogP contribution in [-0.2, 0) is 14.3 Å². The molecule has 2 aromatic rings. The fourth-order valence-electron chi connectivity index (χ4n) is 3.64. The lowest BCUT2D eigenvalue weighted by Crippen LogP contribution is -2.29. The van der Waals surface area contributed by atoms with Gasteiger partial charge in [-0.3, -0.25) is 19.7 Å². The molecule has 0 fully saturated rings. The summed E-state index contributed by atoms with van der Waals surface area (Å²) in [6.45, 7) is -0.452. The Kier molecular flexibility index (Phi) is 4.42. The number of fused-ring (bicyclic) bond motifs is 1. The lowest BCUT2D eigenvalue weighted by Gasteiger charge is -2.25. The summed E-state index contributed by atoms with van der Waals surface area (Å²) < 4.78 is 4.82. The molecule has 1 unspecified atom stereocenters. The van der Waals surface area contributed by atoms with Crippen LogP contribution in [0.5, 0.6) is 0 Å². The fraction of sp³-hybridized carbons (Fsp3) is 0.0952. The highest BCUT2D eigenvalue weighted by molar-refractivity contribution is 6.52. The van der Waals surface area contributed by atoms with E-state index in [1.54, 1.807) is 6.07 Å². The first-order valence-corrected chi connectivity index (χ1v) is 8.76. The van der Waals surface area contributed by atoms with Gasteiger partial charge < -0.3 is 14.9 Å². The second-order valence-corrected chi connectivity index (χ2v) is 6.69. The number of allylic oxidation sites excluding steroid dienone is 1.